The van der Waals surface area contributed by atoms with Crippen LogP contribution >= 0.6 is 0 Å². The number of para-hydroxylation sites is 1. The van der Waals surface area contributed by atoms with E-state index in [1.807, 2.05) is 6.07 Å². The van der Waals surface area contributed by atoms with Gasteiger partial charge in [-0.25, -0.2) is 0 Å². The quantitative estimate of drug-likeness (QED) is 0.704. The lowest BCUT2D eigenvalue weighted by atomic mass is 10.2. The fourth-order valence-corrected chi connectivity index (χ4v) is 1.36. The van der Waals surface area contributed by atoms with Crippen molar-refractivity contribution in [3.63, 3.8) is 0 Å². The Morgan fingerprint density at radius 1 is 1.15 bits per heavy atom. The monoisotopic (exact) mass is 173 g/mol. The number of aromatic amines is 1. The standard InChI is InChI=1S/C10H7NO2/c12-5-8-3-1-2-7-4-9(6-13)11-10(7)8/h1-6,11H. The van der Waals surface area contributed by atoms with Gasteiger partial charge in [0.1, 0.15) is 0 Å². The van der Waals surface area contributed by atoms with Crippen LogP contribution in [0.1, 0.15) is 20.8 Å². The predicted molar refractivity (Wildman–Crippen MR) is 49.1 cm³/mol. The summed E-state index contributed by atoms with van der Waals surface area (Å²) in [7, 11) is 0. The molecule has 3 heteroatoms. The Balaban J connectivity index is 2.81. The van der Waals surface area contributed by atoms with E-state index in [0.717, 1.165) is 23.5 Å². The number of fused-ring (bicyclic) bond motifs is 1. The molecule has 0 atom stereocenters. The van der Waals surface area contributed by atoms with Crippen molar-refractivity contribution in [1.29, 1.82) is 0 Å². The van der Waals surface area contributed by atoms with Gasteiger partial charge in [0.05, 0.1) is 11.2 Å². The topological polar surface area (TPSA) is 49.9 Å². The number of hydrogen-bond acceptors (Lipinski definition) is 2. The van der Waals surface area contributed by atoms with E-state index in [4.69, 9.17) is 0 Å². The molecule has 1 aromatic heterocycles. The zero-order valence-electron chi connectivity index (χ0n) is 6.78. The van der Waals surface area contributed by atoms with E-state index >= 15 is 0 Å². The van der Waals surface area contributed by atoms with Crippen molar-refractivity contribution in [1.82, 2.24) is 4.98 Å². The lowest BCUT2D eigenvalue weighted by molar-refractivity contribution is 0.111. The molecule has 2 rings (SSSR count). The number of aromatic nitrogens is 1. The van der Waals surface area contributed by atoms with Gasteiger partial charge in [-0.3, -0.25) is 9.59 Å². The number of hydrogen-bond donors (Lipinski definition) is 1. The number of carbonyl (C=O) groups excluding carboxylic acids is 2. The highest BCUT2D eigenvalue weighted by Crippen LogP contribution is 2.17. The molecule has 0 saturated carbocycles. The normalized spacial score (nSPS) is 10.2. The molecular formula is C10H7NO2. The molecule has 0 radical (unpaired) electrons. The third-order valence-electron chi connectivity index (χ3n) is 1.96. The fourth-order valence-electron chi connectivity index (χ4n) is 1.36. The van der Waals surface area contributed by atoms with Crippen molar-refractivity contribution < 1.29 is 9.59 Å². The molecule has 0 aliphatic rings. The van der Waals surface area contributed by atoms with Crippen molar-refractivity contribution in [2.24, 2.45) is 0 Å². The third-order valence-corrected chi connectivity index (χ3v) is 1.96. The second-order valence-corrected chi connectivity index (χ2v) is 2.77. The van der Waals surface area contributed by atoms with Crippen LogP contribution in [0.4, 0.5) is 0 Å². The van der Waals surface area contributed by atoms with Gasteiger partial charge in [-0.05, 0) is 12.1 Å². The zero-order valence-corrected chi connectivity index (χ0v) is 6.78. The maximum atomic E-state index is 10.6. The first-order valence-corrected chi connectivity index (χ1v) is 3.87. The van der Waals surface area contributed by atoms with Crippen LogP contribution in [-0.2, 0) is 0 Å². The number of nitrogens with one attached hydrogen (secondary N) is 1. The minimum atomic E-state index is 0.490. The molecular weight excluding hydrogens is 166 g/mol. The highest BCUT2D eigenvalue weighted by atomic mass is 16.1. The van der Waals surface area contributed by atoms with Gasteiger partial charge in [0, 0.05) is 10.9 Å². The molecule has 0 spiro atoms. The minimum Gasteiger partial charge on any atom is -0.352 e. The zero-order chi connectivity index (χ0) is 9.26. The summed E-state index contributed by atoms with van der Waals surface area (Å²) in [6.45, 7) is 0. The first-order chi connectivity index (χ1) is 6.35. The molecule has 0 fully saturated rings. The van der Waals surface area contributed by atoms with Gasteiger partial charge in [-0.2, -0.15) is 0 Å². The van der Waals surface area contributed by atoms with E-state index in [1.165, 1.54) is 0 Å². The van der Waals surface area contributed by atoms with Gasteiger partial charge in [0.15, 0.2) is 12.6 Å². The summed E-state index contributed by atoms with van der Waals surface area (Å²) < 4.78 is 0. The van der Waals surface area contributed by atoms with E-state index in [9.17, 15) is 9.59 Å². The van der Waals surface area contributed by atoms with Crippen molar-refractivity contribution >= 4 is 23.5 Å². The molecule has 1 heterocycles. The van der Waals surface area contributed by atoms with Crippen molar-refractivity contribution in [3.8, 4) is 0 Å². The van der Waals surface area contributed by atoms with Gasteiger partial charge < -0.3 is 4.98 Å². The molecule has 0 saturated heterocycles. The number of H-pyrrole nitrogens is 1. The van der Waals surface area contributed by atoms with Crippen LogP contribution in [0.2, 0.25) is 0 Å². The second kappa shape index (κ2) is 2.86. The van der Waals surface area contributed by atoms with Crippen molar-refractivity contribution in [2.45, 2.75) is 0 Å². The second-order valence-electron chi connectivity index (χ2n) is 2.77. The number of aldehydes is 2. The molecule has 0 aliphatic carbocycles. The first kappa shape index (κ1) is 7.73. The van der Waals surface area contributed by atoms with Gasteiger partial charge in [-0.15, -0.1) is 0 Å². The van der Waals surface area contributed by atoms with Crippen molar-refractivity contribution in [2.75, 3.05) is 0 Å². The summed E-state index contributed by atoms with van der Waals surface area (Å²) in [6, 6.07) is 7.07. The van der Waals surface area contributed by atoms with Gasteiger partial charge in [0.2, 0.25) is 0 Å². The Morgan fingerprint density at radius 3 is 2.69 bits per heavy atom. The predicted octanol–water partition coefficient (Wildman–Crippen LogP) is 1.79. The lowest BCUT2D eigenvalue weighted by Crippen LogP contribution is -1.82. The lowest BCUT2D eigenvalue weighted by Gasteiger charge is -1.91. The Kier molecular flexibility index (Phi) is 1.70. The third kappa shape index (κ3) is 1.14. The Hall–Kier alpha value is -1.90. The summed E-state index contributed by atoms with van der Waals surface area (Å²) >= 11 is 0. The Bertz CT molecular complexity index is 471. The summed E-state index contributed by atoms with van der Waals surface area (Å²) in [6.07, 6.45) is 1.50. The molecule has 2 aromatic rings. The summed E-state index contributed by atoms with van der Waals surface area (Å²) in [5.41, 5.74) is 1.79. The fraction of sp³-hybridized carbons (Fsp3) is 0. The average Bonchev–Trinajstić information content (AvgIpc) is 2.59. The molecule has 0 unspecified atom stereocenters. The number of benzene rings is 1. The van der Waals surface area contributed by atoms with Crippen LogP contribution < -0.4 is 0 Å². The molecule has 3 nitrogen and oxygen atoms in total. The maximum absolute atomic E-state index is 10.6. The molecule has 1 aromatic carbocycles. The van der Waals surface area contributed by atoms with Crippen LogP contribution in [0.25, 0.3) is 10.9 Å². The Morgan fingerprint density at radius 2 is 2.00 bits per heavy atom. The Labute approximate surface area is 74.4 Å². The molecule has 13 heavy (non-hydrogen) atoms. The van der Waals surface area contributed by atoms with Crippen LogP contribution in [-0.4, -0.2) is 17.6 Å². The molecule has 0 aliphatic heterocycles. The number of rotatable bonds is 2. The van der Waals surface area contributed by atoms with Crippen molar-refractivity contribution in [3.05, 3.63) is 35.5 Å². The van der Waals surface area contributed by atoms with E-state index in [-0.39, 0.29) is 0 Å². The van der Waals surface area contributed by atoms with Crippen LogP contribution in [0, 0.1) is 0 Å². The van der Waals surface area contributed by atoms with Crippen LogP contribution in [0.5, 0.6) is 0 Å². The highest BCUT2D eigenvalue weighted by molar-refractivity contribution is 5.98. The van der Waals surface area contributed by atoms with E-state index in [1.54, 1.807) is 18.2 Å². The molecule has 0 amide bonds. The molecule has 64 valence electrons. The maximum Gasteiger partial charge on any atom is 0.166 e. The van der Waals surface area contributed by atoms with Gasteiger partial charge in [-0.1, -0.05) is 12.1 Å². The van der Waals surface area contributed by atoms with Crippen LogP contribution in [0.15, 0.2) is 24.3 Å². The van der Waals surface area contributed by atoms with E-state index in [2.05, 4.69) is 4.98 Å². The SMILES string of the molecule is O=Cc1cc2cccc(C=O)c2[nH]1. The summed E-state index contributed by atoms with van der Waals surface area (Å²) in [5, 5.41) is 0.881. The van der Waals surface area contributed by atoms with E-state index < -0.39 is 0 Å². The first-order valence-electron chi connectivity index (χ1n) is 3.87. The van der Waals surface area contributed by atoms with E-state index in [0.29, 0.717) is 11.3 Å². The smallest absolute Gasteiger partial charge is 0.166 e. The largest absolute Gasteiger partial charge is 0.352 e. The highest BCUT2D eigenvalue weighted by Gasteiger charge is 2.02. The summed E-state index contributed by atoms with van der Waals surface area (Å²) in [5.74, 6) is 0. The van der Waals surface area contributed by atoms with Gasteiger partial charge >= 0.3 is 0 Å². The van der Waals surface area contributed by atoms with Gasteiger partial charge in [0.25, 0.3) is 0 Å². The minimum absolute atomic E-state index is 0.490. The molecule has 1 N–H and O–H groups in total. The number of carbonyl (C=O) groups is 2. The summed E-state index contributed by atoms with van der Waals surface area (Å²) in [4.78, 5) is 23.9. The van der Waals surface area contributed by atoms with Crippen LogP contribution in [0.3, 0.4) is 0 Å². The molecule has 0 bridgehead atoms. The average molecular weight is 173 g/mol.